The number of benzene rings is 1. The van der Waals surface area contributed by atoms with Crippen molar-refractivity contribution in [2.45, 2.75) is 6.92 Å². The van der Waals surface area contributed by atoms with Gasteiger partial charge in [0.2, 0.25) is 0 Å². The quantitative estimate of drug-likeness (QED) is 0.790. The molecule has 22 heavy (non-hydrogen) atoms. The average molecular weight is 297 g/mol. The van der Waals surface area contributed by atoms with Gasteiger partial charge in [0.05, 0.1) is 5.69 Å². The number of aromatic nitrogens is 2. The van der Waals surface area contributed by atoms with Gasteiger partial charge < -0.3 is 5.32 Å². The molecular formula is C16H12FN3O2. The molecule has 0 atom stereocenters. The van der Waals surface area contributed by atoms with Crippen LogP contribution in [0.1, 0.15) is 15.9 Å². The summed E-state index contributed by atoms with van der Waals surface area (Å²) in [6, 6.07) is 9.49. The van der Waals surface area contributed by atoms with Crippen molar-refractivity contribution in [3.63, 3.8) is 0 Å². The molecule has 0 fully saturated rings. The zero-order valence-electron chi connectivity index (χ0n) is 11.7. The number of pyridine rings is 1. The lowest BCUT2D eigenvalue weighted by atomic mass is 10.2. The maximum absolute atomic E-state index is 13.8. The number of nitrogens with zero attached hydrogens (tertiary/aromatic N) is 2. The Labute approximate surface area is 125 Å². The van der Waals surface area contributed by atoms with Crippen molar-refractivity contribution in [2.75, 3.05) is 5.32 Å². The van der Waals surface area contributed by atoms with Crippen molar-refractivity contribution in [1.29, 1.82) is 0 Å². The Bertz CT molecular complexity index is 934. The summed E-state index contributed by atoms with van der Waals surface area (Å²) in [5.74, 6) is -1.25. The van der Waals surface area contributed by atoms with Crippen molar-refractivity contribution < 1.29 is 9.18 Å². The van der Waals surface area contributed by atoms with Crippen LogP contribution in [-0.2, 0) is 0 Å². The highest BCUT2D eigenvalue weighted by atomic mass is 19.1. The van der Waals surface area contributed by atoms with Crippen LogP contribution in [0.3, 0.4) is 0 Å². The minimum absolute atomic E-state index is 0.0214. The molecule has 5 nitrogen and oxygen atoms in total. The lowest BCUT2D eigenvalue weighted by Crippen LogP contribution is -2.26. The Morgan fingerprint density at radius 1 is 1.27 bits per heavy atom. The Morgan fingerprint density at radius 3 is 2.86 bits per heavy atom. The van der Waals surface area contributed by atoms with Gasteiger partial charge >= 0.3 is 0 Å². The lowest BCUT2D eigenvalue weighted by Gasteiger charge is -2.07. The SMILES string of the molecule is Cc1ccc(NC(=O)c2cnc3ccccn3c2=O)c(F)c1. The van der Waals surface area contributed by atoms with Crippen LogP contribution in [0.2, 0.25) is 0 Å². The number of nitrogens with one attached hydrogen (secondary N) is 1. The highest BCUT2D eigenvalue weighted by Crippen LogP contribution is 2.15. The minimum atomic E-state index is -0.696. The summed E-state index contributed by atoms with van der Waals surface area (Å²) in [4.78, 5) is 28.5. The highest BCUT2D eigenvalue weighted by molar-refractivity contribution is 6.04. The summed E-state index contributed by atoms with van der Waals surface area (Å²) >= 11 is 0. The van der Waals surface area contributed by atoms with E-state index in [9.17, 15) is 14.0 Å². The first kappa shape index (κ1) is 13.9. The summed E-state index contributed by atoms with van der Waals surface area (Å²) in [6.45, 7) is 1.74. The van der Waals surface area contributed by atoms with Gasteiger partial charge in [-0.25, -0.2) is 9.37 Å². The third kappa shape index (κ3) is 2.46. The molecule has 1 aromatic carbocycles. The molecule has 3 rings (SSSR count). The topological polar surface area (TPSA) is 63.5 Å². The van der Waals surface area contributed by atoms with E-state index in [-0.39, 0.29) is 11.3 Å². The summed E-state index contributed by atoms with van der Waals surface area (Å²) < 4.78 is 15.0. The molecule has 2 heterocycles. The summed E-state index contributed by atoms with van der Waals surface area (Å²) in [7, 11) is 0. The number of fused-ring (bicyclic) bond motifs is 1. The van der Waals surface area contributed by atoms with Crippen molar-refractivity contribution in [2.24, 2.45) is 0 Å². The number of anilines is 1. The first-order chi connectivity index (χ1) is 10.6. The predicted molar refractivity (Wildman–Crippen MR) is 80.6 cm³/mol. The average Bonchev–Trinajstić information content (AvgIpc) is 2.50. The standard InChI is InChI=1S/C16H12FN3O2/c1-10-5-6-13(12(17)8-10)19-15(21)11-9-18-14-4-2-3-7-20(14)16(11)22/h2-9H,1H3,(H,19,21). The van der Waals surface area contributed by atoms with Crippen molar-refractivity contribution in [3.05, 3.63) is 76.1 Å². The first-order valence-electron chi connectivity index (χ1n) is 6.60. The Hall–Kier alpha value is -3.02. The van der Waals surface area contributed by atoms with Gasteiger partial charge in [-0.3, -0.25) is 14.0 Å². The molecule has 0 aliphatic heterocycles. The molecule has 3 aromatic rings. The van der Waals surface area contributed by atoms with Gasteiger partial charge in [0.15, 0.2) is 0 Å². The fraction of sp³-hybridized carbons (Fsp3) is 0.0625. The minimum Gasteiger partial charge on any atom is -0.319 e. The van der Waals surface area contributed by atoms with Crippen LogP contribution in [0.4, 0.5) is 10.1 Å². The van der Waals surface area contributed by atoms with Gasteiger partial charge in [0, 0.05) is 12.4 Å². The molecule has 110 valence electrons. The van der Waals surface area contributed by atoms with Gasteiger partial charge in [-0.15, -0.1) is 0 Å². The lowest BCUT2D eigenvalue weighted by molar-refractivity contribution is 0.102. The van der Waals surface area contributed by atoms with E-state index < -0.39 is 17.3 Å². The van der Waals surface area contributed by atoms with Gasteiger partial charge in [-0.05, 0) is 36.8 Å². The maximum atomic E-state index is 13.8. The molecule has 6 heteroatoms. The van der Waals surface area contributed by atoms with Crippen molar-refractivity contribution >= 4 is 17.2 Å². The molecule has 0 radical (unpaired) electrons. The second-order valence-corrected chi connectivity index (χ2v) is 4.84. The van der Waals surface area contributed by atoms with E-state index in [1.54, 1.807) is 31.2 Å². The number of amides is 1. The Morgan fingerprint density at radius 2 is 2.09 bits per heavy atom. The van der Waals surface area contributed by atoms with Crippen LogP contribution < -0.4 is 10.9 Å². The molecule has 0 saturated carbocycles. The molecule has 0 bridgehead atoms. The highest BCUT2D eigenvalue weighted by Gasteiger charge is 2.15. The van der Waals surface area contributed by atoms with E-state index in [1.807, 2.05) is 0 Å². The number of hydrogen-bond donors (Lipinski definition) is 1. The second-order valence-electron chi connectivity index (χ2n) is 4.84. The van der Waals surface area contributed by atoms with Crippen molar-refractivity contribution in [3.8, 4) is 0 Å². The molecule has 1 amide bonds. The molecule has 0 aliphatic carbocycles. The number of carbonyl (C=O) groups excluding carboxylic acids is 1. The van der Waals surface area contributed by atoms with Gasteiger partial charge in [-0.2, -0.15) is 0 Å². The van der Waals surface area contributed by atoms with Crippen LogP contribution >= 0.6 is 0 Å². The number of halogens is 1. The van der Waals surface area contributed by atoms with Gasteiger partial charge in [-0.1, -0.05) is 12.1 Å². The largest absolute Gasteiger partial charge is 0.319 e. The monoisotopic (exact) mass is 297 g/mol. The molecule has 0 saturated heterocycles. The van der Waals surface area contributed by atoms with E-state index in [2.05, 4.69) is 10.3 Å². The van der Waals surface area contributed by atoms with E-state index in [0.717, 1.165) is 5.56 Å². The molecule has 0 aliphatic rings. The van der Waals surface area contributed by atoms with Crippen LogP contribution in [0.15, 0.2) is 53.6 Å². The normalized spacial score (nSPS) is 10.6. The number of carbonyl (C=O) groups is 1. The summed E-state index contributed by atoms with van der Waals surface area (Å²) in [6.07, 6.45) is 2.72. The fourth-order valence-corrected chi connectivity index (χ4v) is 2.09. The van der Waals surface area contributed by atoms with E-state index in [4.69, 9.17) is 0 Å². The van der Waals surface area contributed by atoms with Crippen LogP contribution in [0.25, 0.3) is 5.65 Å². The second kappa shape index (κ2) is 5.40. The molecule has 0 spiro atoms. The number of hydrogen-bond acceptors (Lipinski definition) is 3. The Balaban J connectivity index is 1.99. The molecular weight excluding hydrogens is 285 g/mol. The maximum Gasteiger partial charge on any atom is 0.270 e. The molecule has 1 N–H and O–H groups in total. The smallest absolute Gasteiger partial charge is 0.270 e. The van der Waals surface area contributed by atoms with Gasteiger partial charge in [0.1, 0.15) is 17.0 Å². The number of rotatable bonds is 2. The van der Waals surface area contributed by atoms with Gasteiger partial charge in [0.25, 0.3) is 11.5 Å². The molecule has 2 aromatic heterocycles. The fourth-order valence-electron chi connectivity index (χ4n) is 2.09. The predicted octanol–water partition coefficient (Wildman–Crippen LogP) is 2.39. The third-order valence-electron chi connectivity index (χ3n) is 3.23. The van der Waals surface area contributed by atoms with Crippen LogP contribution in [-0.4, -0.2) is 15.3 Å². The van der Waals surface area contributed by atoms with E-state index in [0.29, 0.717) is 5.65 Å². The van der Waals surface area contributed by atoms with E-state index in [1.165, 1.54) is 28.9 Å². The van der Waals surface area contributed by atoms with E-state index >= 15 is 0 Å². The van der Waals surface area contributed by atoms with Crippen LogP contribution in [0, 0.1) is 12.7 Å². The molecule has 0 unspecified atom stereocenters. The third-order valence-corrected chi connectivity index (χ3v) is 3.23. The Kier molecular flexibility index (Phi) is 3.42. The summed E-state index contributed by atoms with van der Waals surface area (Å²) in [5.41, 5.74) is 0.543. The van der Waals surface area contributed by atoms with Crippen molar-refractivity contribution in [1.82, 2.24) is 9.38 Å². The van der Waals surface area contributed by atoms with Crippen LogP contribution in [0.5, 0.6) is 0 Å². The summed E-state index contributed by atoms with van der Waals surface area (Å²) in [5, 5.41) is 2.39. The number of aryl methyl sites for hydroxylation is 1. The first-order valence-corrected chi connectivity index (χ1v) is 6.60. The zero-order valence-corrected chi connectivity index (χ0v) is 11.7. The zero-order chi connectivity index (χ0) is 15.7.